The van der Waals surface area contributed by atoms with Gasteiger partial charge in [-0.25, -0.2) is 4.39 Å². The lowest BCUT2D eigenvalue weighted by atomic mass is 9.83. The van der Waals surface area contributed by atoms with Crippen molar-refractivity contribution in [1.82, 2.24) is 0 Å². The van der Waals surface area contributed by atoms with Gasteiger partial charge in [0.15, 0.2) is 0 Å². The topological polar surface area (TPSA) is 55.8 Å². The van der Waals surface area contributed by atoms with E-state index < -0.39 is 24.1 Å². The van der Waals surface area contributed by atoms with Crippen LogP contribution in [-0.4, -0.2) is 27.6 Å². The van der Waals surface area contributed by atoms with Crippen LogP contribution in [0.4, 0.5) is 4.39 Å². The molecular formula is C14H18ClFO4S. The predicted molar refractivity (Wildman–Crippen MR) is 79.4 cm³/mol. The smallest absolute Gasteiger partial charge is 0.301 e. The monoisotopic (exact) mass is 336 g/mol. The maximum Gasteiger partial charge on any atom is 0.301 e. The Kier molecular flexibility index (Phi) is 6.41. The average Bonchev–Trinajstić information content (AvgIpc) is 2.48. The molecule has 0 bridgehead atoms. The summed E-state index contributed by atoms with van der Waals surface area (Å²) >= 11 is 3.38. The summed E-state index contributed by atoms with van der Waals surface area (Å²) in [6.45, 7) is -0.395. The molecule has 0 aliphatic heterocycles. The number of hydrogen-bond acceptors (Lipinski definition) is 3. The fourth-order valence-corrected chi connectivity index (χ4v) is 2.99. The van der Waals surface area contributed by atoms with Gasteiger partial charge in [0, 0.05) is 10.9 Å². The van der Waals surface area contributed by atoms with E-state index in [0.717, 1.165) is 19.3 Å². The summed E-state index contributed by atoms with van der Waals surface area (Å²) in [4.78, 5) is 0. The zero-order valence-electron chi connectivity index (χ0n) is 11.4. The molecule has 2 rings (SSSR count). The Balaban J connectivity index is 1.97. The van der Waals surface area contributed by atoms with Gasteiger partial charge in [-0.05, 0) is 43.5 Å². The molecule has 1 aromatic carbocycles. The molecule has 4 atom stereocenters. The lowest BCUT2D eigenvalue weighted by molar-refractivity contribution is 0.0225. The van der Waals surface area contributed by atoms with Crippen LogP contribution >= 0.6 is 11.6 Å². The molecule has 1 N–H and O–H groups in total. The first kappa shape index (κ1) is 16.7. The van der Waals surface area contributed by atoms with Gasteiger partial charge < -0.3 is 4.74 Å². The van der Waals surface area contributed by atoms with Gasteiger partial charge in [-0.1, -0.05) is 18.0 Å². The SMILES string of the molecule is O=S(O)OC[C@@H](F)[C@H]1CCCC[C@@H]1Oc1ccc(Cl)cc1. The van der Waals surface area contributed by atoms with Crippen molar-refractivity contribution in [2.75, 3.05) is 6.61 Å². The van der Waals surface area contributed by atoms with Crippen LogP contribution in [0, 0.1) is 5.92 Å². The number of hydrogen-bond donors (Lipinski definition) is 1. The van der Waals surface area contributed by atoms with Crippen molar-refractivity contribution in [3.05, 3.63) is 29.3 Å². The third kappa shape index (κ3) is 5.21. The van der Waals surface area contributed by atoms with Crippen LogP contribution in [0.25, 0.3) is 0 Å². The summed E-state index contributed by atoms with van der Waals surface area (Å²) in [7, 11) is 0. The quantitative estimate of drug-likeness (QED) is 0.803. The lowest BCUT2D eigenvalue weighted by Gasteiger charge is -2.33. The Labute approximate surface area is 131 Å². The molecule has 0 amide bonds. The number of ether oxygens (including phenoxy) is 1. The summed E-state index contributed by atoms with van der Waals surface area (Å²) < 4.78 is 43.5. The normalized spacial score (nSPS) is 25.3. The minimum atomic E-state index is -2.44. The average molecular weight is 337 g/mol. The molecular weight excluding hydrogens is 319 g/mol. The molecule has 0 heterocycles. The van der Waals surface area contributed by atoms with Gasteiger partial charge in [-0.15, -0.1) is 0 Å². The molecule has 21 heavy (non-hydrogen) atoms. The van der Waals surface area contributed by atoms with E-state index in [1.54, 1.807) is 24.3 Å². The van der Waals surface area contributed by atoms with Crippen LogP contribution in [0.15, 0.2) is 24.3 Å². The third-order valence-corrected chi connectivity index (χ3v) is 4.24. The van der Waals surface area contributed by atoms with E-state index >= 15 is 0 Å². The molecule has 1 aliphatic carbocycles. The molecule has 4 nitrogen and oxygen atoms in total. The molecule has 0 spiro atoms. The fourth-order valence-electron chi connectivity index (χ4n) is 2.62. The Morgan fingerprint density at radius 1 is 1.33 bits per heavy atom. The minimum Gasteiger partial charge on any atom is -0.490 e. The summed E-state index contributed by atoms with van der Waals surface area (Å²) in [5.74, 6) is 0.313. The summed E-state index contributed by atoms with van der Waals surface area (Å²) in [5, 5.41) is 0.615. The fraction of sp³-hybridized carbons (Fsp3) is 0.571. The van der Waals surface area contributed by atoms with Gasteiger partial charge in [0.25, 0.3) is 0 Å². The van der Waals surface area contributed by atoms with Crippen LogP contribution in [-0.2, 0) is 15.5 Å². The number of halogens is 2. The number of rotatable bonds is 6. The van der Waals surface area contributed by atoms with E-state index in [2.05, 4.69) is 4.18 Å². The van der Waals surface area contributed by atoms with Gasteiger partial charge in [-0.3, -0.25) is 8.74 Å². The Hall–Kier alpha value is -0.690. The number of alkyl halides is 1. The highest BCUT2D eigenvalue weighted by atomic mass is 35.5. The van der Waals surface area contributed by atoms with E-state index in [1.165, 1.54) is 0 Å². The van der Waals surface area contributed by atoms with Crippen LogP contribution in [0.3, 0.4) is 0 Å². The first-order chi connectivity index (χ1) is 10.1. The van der Waals surface area contributed by atoms with E-state index in [-0.39, 0.29) is 12.0 Å². The van der Waals surface area contributed by atoms with Crippen molar-refractivity contribution >= 4 is 23.0 Å². The summed E-state index contributed by atoms with van der Waals surface area (Å²) in [5.41, 5.74) is 0. The van der Waals surface area contributed by atoms with E-state index in [9.17, 15) is 8.60 Å². The largest absolute Gasteiger partial charge is 0.490 e. The molecule has 7 heteroatoms. The first-order valence-corrected chi connectivity index (χ1v) is 8.27. The molecule has 0 saturated heterocycles. The van der Waals surface area contributed by atoms with Crippen molar-refractivity contribution < 1.29 is 22.1 Å². The zero-order chi connectivity index (χ0) is 15.2. The molecule has 1 unspecified atom stereocenters. The highest BCUT2D eigenvalue weighted by molar-refractivity contribution is 7.74. The molecule has 1 fully saturated rings. The standard InChI is InChI=1S/C14H18ClFO4S/c15-10-5-7-11(8-6-10)20-14-4-2-1-3-12(14)13(16)9-19-21(17)18/h5-8,12-14H,1-4,9H2,(H,17,18)/t12-,13-,14+/m1/s1. The van der Waals surface area contributed by atoms with Gasteiger partial charge in [0.05, 0.1) is 6.61 Å². The maximum atomic E-state index is 14.2. The molecule has 1 aromatic rings. The lowest BCUT2D eigenvalue weighted by Crippen LogP contribution is -2.38. The Bertz CT molecular complexity index is 471. The summed E-state index contributed by atoms with van der Waals surface area (Å²) in [6, 6.07) is 6.94. The highest BCUT2D eigenvalue weighted by Gasteiger charge is 2.34. The number of benzene rings is 1. The van der Waals surface area contributed by atoms with Crippen LogP contribution in [0.1, 0.15) is 25.7 Å². The van der Waals surface area contributed by atoms with E-state index in [0.29, 0.717) is 17.2 Å². The van der Waals surface area contributed by atoms with Crippen molar-refractivity contribution in [3.63, 3.8) is 0 Å². The van der Waals surface area contributed by atoms with E-state index in [4.69, 9.17) is 20.9 Å². The third-order valence-electron chi connectivity index (χ3n) is 3.65. The zero-order valence-corrected chi connectivity index (χ0v) is 13.0. The van der Waals surface area contributed by atoms with Crippen LogP contribution in [0.2, 0.25) is 5.02 Å². The van der Waals surface area contributed by atoms with Gasteiger partial charge >= 0.3 is 11.4 Å². The van der Waals surface area contributed by atoms with Crippen LogP contribution < -0.4 is 4.74 Å². The first-order valence-electron chi connectivity index (χ1n) is 6.86. The van der Waals surface area contributed by atoms with E-state index in [1.807, 2.05) is 0 Å². The molecule has 1 aliphatic rings. The molecule has 1 saturated carbocycles. The second kappa shape index (κ2) is 8.08. The molecule has 118 valence electrons. The van der Waals surface area contributed by atoms with Crippen molar-refractivity contribution in [3.8, 4) is 5.75 Å². The van der Waals surface area contributed by atoms with Gasteiger partial charge in [0.1, 0.15) is 18.0 Å². The second-order valence-corrected chi connectivity index (χ2v) is 6.18. The molecule has 0 aromatic heterocycles. The van der Waals surface area contributed by atoms with Gasteiger partial charge in [-0.2, -0.15) is 4.21 Å². The van der Waals surface area contributed by atoms with Crippen molar-refractivity contribution in [1.29, 1.82) is 0 Å². The molecule has 0 radical (unpaired) electrons. The highest BCUT2D eigenvalue weighted by Crippen LogP contribution is 2.32. The Morgan fingerprint density at radius 3 is 2.67 bits per heavy atom. The van der Waals surface area contributed by atoms with Crippen LogP contribution in [0.5, 0.6) is 5.75 Å². The minimum absolute atomic E-state index is 0.259. The van der Waals surface area contributed by atoms with Crippen molar-refractivity contribution in [2.24, 2.45) is 5.92 Å². The summed E-state index contributed by atoms with van der Waals surface area (Å²) in [6.07, 6.45) is 1.77. The maximum absolute atomic E-state index is 14.2. The Morgan fingerprint density at radius 2 is 2.00 bits per heavy atom. The van der Waals surface area contributed by atoms with Gasteiger partial charge in [0.2, 0.25) is 0 Å². The second-order valence-electron chi connectivity index (χ2n) is 5.08. The predicted octanol–water partition coefficient (Wildman–Crippen LogP) is 3.77. The van der Waals surface area contributed by atoms with Crippen molar-refractivity contribution in [2.45, 2.75) is 38.0 Å².